The number of piperazine rings is 1. The maximum atomic E-state index is 13.1. The number of benzene rings is 2. The Morgan fingerprint density at radius 3 is 2.24 bits per heavy atom. The Kier molecular flexibility index (Phi) is 5.42. The highest BCUT2D eigenvalue weighted by Gasteiger charge is 2.30. The van der Waals surface area contributed by atoms with Gasteiger partial charge in [-0.05, 0) is 42.5 Å². The summed E-state index contributed by atoms with van der Waals surface area (Å²) < 4.78 is 51.0. The van der Waals surface area contributed by atoms with Gasteiger partial charge in [0, 0.05) is 38.2 Å². The van der Waals surface area contributed by atoms with Crippen LogP contribution in [0, 0.1) is 5.82 Å². The van der Waals surface area contributed by atoms with E-state index in [9.17, 15) is 17.6 Å². The molecule has 0 aromatic heterocycles. The van der Waals surface area contributed by atoms with Crippen LogP contribution in [0.4, 0.5) is 4.39 Å². The first-order chi connectivity index (χ1) is 13.9. The van der Waals surface area contributed by atoms with Gasteiger partial charge in [-0.2, -0.15) is 4.31 Å². The van der Waals surface area contributed by atoms with E-state index in [1.807, 2.05) is 0 Å². The molecule has 0 saturated carbocycles. The number of amides is 1. The van der Waals surface area contributed by atoms with E-state index >= 15 is 0 Å². The third kappa shape index (κ3) is 4.06. The smallest absolute Gasteiger partial charge is 0.254 e. The summed E-state index contributed by atoms with van der Waals surface area (Å²) in [5.74, 6) is 0.495. The quantitative estimate of drug-likeness (QED) is 0.761. The lowest BCUT2D eigenvalue weighted by atomic mass is 10.1. The molecule has 0 aliphatic carbocycles. The van der Waals surface area contributed by atoms with E-state index in [2.05, 4.69) is 0 Å². The fourth-order valence-electron chi connectivity index (χ4n) is 3.37. The van der Waals surface area contributed by atoms with Crippen LogP contribution < -0.4 is 9.47 Å². The summed E-state index contributed by atoms with van der Waals surface area (Å²) in [5.41, 5.74) is 0.476. The van der Waals surface area contributed by atoms with E-state index in [-0.39, 0.29) is 37.0 Å². The van der Waals surface area contributed by atoms with Crippen molar-refractivity contribution in [1.82, 2.24) is 9.21 Å². The molecule has 29 heavy (non-hydrogen) atoms. The average molecular weight is 420 g/mol. The number of ether oxygens (including phenoxy) is 2. The Balaban J connectivity index is 1.43. The Hall–Kier alpha value is -2.65. The van der Waals surface area contributed by atoms with Gasteiger partial charge in [-0.3, -0.25) is 4.79 Å². The molecule has 1 fully saturated rings. The van der Waals surface area contributed by atoms with Gasteiger partial charge in [-0.1, -0.05) is 0 Å². The van der Waals surface area contributed by atoms with Crippen molar-refractivity contribution in [3.63, 3.8) is 0 Å². The lowest BCUT2D eigenvalue weighted by Gasteiger charge is -2.34. The van der Waals surface area contributed by atoms with E-state index in [4.69, 9.17) is 9.47 Å². The second-order valence-electron chi connectivity index (χ2n) is 6.86. The molecule has 2 heterocycles. The first-order valence-electron chi connectivity index (χ1n) is 9.40. The van der Waals surface area contributed by atoms with Crippen LogP contribution in [-0.2, 0) is 10.0 Å². The van der Waals surface area contributed by atoms with Crippen molar-refractivity contribution in [3.8, 4) is 11.5 Å². The van der Waals surface area contributed by atoms with E-state index in [0.29, 0.717) is 30.3 Å². The van der Waals surface area contributed by atoms with Gasteiger partial charge in [-0.15, -0.1) is 0 Å². The highest BCUT2D eigenvalue weighted by atomic mass is 32.2. The molecule has 2 aromatic rings. The standard InChI is InChI=1S/C20H21FN2O5S/c21-16-3-5-17(6-4-16)29(25,26)23-10-8-22(9-11-23)20(24)15-2-7-18-19(14-15)28-13-1-12-27-18/h2-7,14H,1,8-13H2. The van der Waals surface area contributed by atoms with Crippen molar-refractivity contribution in [2.45, 2.75) is 11.3 Å². The van der Waals surface area contributed by atoms with Gasteiger partial charge in [0.2, 0.25) is 10.0 Å². The van der Waals surface area contributed by atoms with E-state index in [1.165, 1.54) is 16.4 Å². The van der Waals surface area contributed by atoms with Crippen molar-refractivity contribution in [1.29, 1.82) is 0 Å². The topological polar surface area (TPSA) is 76.2 Å². The normalized spacial score (nSPS) is 17.6. The third-order valence-electron chi connectivity index (χ3n) is 4.97. The largest absolute Gasteiger partial charge is 0.490 e. The van der Waals surface area contributed by atoms with Gasteiger partial charge < -0.3 is 14.4 Å². The summed E-state index contributed by atoms with van der Waals surface area (Å²) in [5, 5.41) is 0. The zero-order valence-corrected chi connectivity index (χ0v) is 16.5. The van der Waals surface area contributed by atoms with Crippen molar-refractivity contribution in [2.24, 2.45) is 0 Å². The van der Waals surface area contributed by atoms with Gasteiger partial charge >= 0.3 is 0 Å². The maximum absolute atomic E-state index is 13.1. The number of carbonyl (C=O) groups excluding carboxylic acids is 1. The van der Waals surface area contributed by atoms with Gasteiger partial charge in [-0.25, -0.2) is 12.8 Å². The number of nitrogens with zero attached hydrogens (tertiary/aromatic N) is 2. The predicted molar refractivity (Wildman–Crippen MR) is 103 cm³/mol. The highest BCUT2D eigenvalue weighted by Crippen LogP contribution is 2.31. The summed E-state index contributed by atoms with van der Waals surface area (Å²) in [6.45, 7) is 2.00. The Labute approximate surface area is 168 Å². The van der Waals surface area contributed by atoms with E-state index in [0.717, 1.165) is 18.6 Å². The minimum absolute atomic E-state index is 0.0431. The molecular weight excluding hydrogens is 399 g/mol. The zero-order valence-electron chi connectivity index (χ0n) is 15.7. The molecular formula is C20H21FN2O5S. The molecule has 2 aromatic carbocycles. The monoisotopic (exact) mass is 420 g/mol. The number of sulfonamides is 1. The van der Waals surface area contributed by atoms with Crippen LogP contribution in [-0.4, -0.2) is 62.9 Å². The van der Waals surface area contributed by atoms with Crippen molar-refractivity contribution in [3.05, 3.63) is 53.8 Å². The molecule has 0 N–H and O–H groups in total. The van der Waals surface area contributed by atoms with Crippen LogP contribution in [0.15, 0.2) is 47.4 Å². The minimum Gasteiger partial charge on any atom is -0.490 e. The average Bonchev–Trinajstić information content (AvgIpc) is 2.98. The molecule has 0 bridgehead atoms. The van der Waals surface area contributed by atoms with Gasteiger partial charge in [0.05, 0.1) is 18.1 Å². The molecule has 0 atom stereocenters. The summed E-state index contributed by atoms with van der Waals surface area (Å²) >= 11 is 0. The van der Waals surface area contributed by atoms with E-state index < -0.39 is 15.8 Å². The molecule has 0 radical (unpaired) electrons. The summed E-state index contributed by atoms with van der Waals surface area (Å²) in [6, 6.07) is 9.83. The number of hydrogen-bond acceptors (Lipinski definition) is 5. The molecule has 0 unspecified atom stereocenters. The van der Waals surface area contributed by atoms with Crippen LogP contribution in [0.2, 0.25) is 0 Å². The Morgan fingerprint density at radius 2 is 1.55 bits per heavy atom. The summed E-state index contributed by atoms with van der Waals surface area (Å²) in [4.78, 5) is 14.5. The van der Waals surface area contributed by atoms with Gasteiger partial charge in [0.25, 0.3) is 5.91 Å². The summed E-state index contributed by atoms with van der Waals surface area (Å²) in [7, 11) is -3.72. The van der Waals surface area contributed by atoms with Crippen LogP contribution in [0.3, 0.4) is 0 Å². The number of hydrogen-bond donors (Lipinski definition) is 0. The molecule has 1 saturated heterocycles. The zero-order chi connectivity index (χ0) is 20.4. The molecule has 7 nitrogen and oxygen atoms in total. The Morgan fingerprint density at radius 1 is 0.897 bits per heavy atom. The molecule has 0 spiro atoms. The number of fused-ring (bicyclic) bond motifs is 1. The predicted octanol–water partition coefficient (Wildman–Crippen LogP) is 2.13. The van der Waals surface area contributed by atoms with Crippen molar-refractivity contribution < 1.29 is 27.1 Å². The van der Waals surface area contributed by atoms with Crippen LogP contribution in [0.5, 0.6) is 11.5 Å². The van der Waals surface area contributed by atoms with Gasteiger partial charge in [0.15, 0.2) is 11.5 Å². The number of carbonyl (C=O) groups is 1. The van der Waals surface area contributed by atoms with E-state index in [1.54, 1.807) is 23.1 Å². The third-order valence-corrected chi connectivity index (χ3v) is 6.88. The summed E-state index contributed by atoms with van der Waals surface area (Å²) in [6.07, 6.45) is 0.780. The molecule has 9 heteroatoms. The minimum atomic E-state index is -3.72. The van der Waals surface area contributed by atoms with Crippen LogP contribution in [0.25, 0.3) is 0 Å². The lowest BCUT2D eigenvalue weighted by molar-refractivity contribution is 0.0697. The number of rotatable bonds is 3. The van der Waals surface area contributed by atoms with Crippen LogP contribution >= 0.6 is 0 Å². The SMILES string of the molecule is O=C(c1ccc2c(c1)OCCCO2)N1CCN(S(=O)(=O)c2ccc(F)cc2)CC1. The molecule has 2 aliphatic heterocycles. The fraction of sp³-hybridized carbons (Fsp3) is 0.350. The second-order valence-corrected chi connectivity index (χ2v) is 8.80. The molecule has 2 aliphatic rings. The van der Waals surface area contributed by atoms with Crippen molar-refractivity contribution in [2.75, 3.05) is 39.4 Å². The number of halogens is 1. The fourth-order valence-corrected chi connectivity index (χ4v) is 4.79. The van der Waals surface area contributed by atoms with Crippen molar-refractivity contribution >= 4 is 15.9 Å². The highest BCUT2D eigenvalue weighted by molar-refractivity contribution is 7.89. The first-order valence-corrected chi connectivity index (χ1v) is 10.8. The first kappa shape index (κ1) is 19.7. The Bertz CT molecular complexity index is 1000. The molecule has 4 rings (SSSR count). The lowest BCUT2D eigenvalue weighted by Crippen LogP contribution is -2.50. The van der Waals surface area contributed by atoms with Gasteiger partial charge in [0.1, 0.15) is 5.82 Å². The van der Waals surface area contributed by atoms with Crippen LogP contribution in [0.1, 0.15) is 16.8 Å². The molecule has 1 amide bonds. The molecule has 154 valence electrons. The second kappa shape index (κ2) is 8.00. The maximum Gasteiger partial charge on any atom is 0.254 e.